The van der Waals surface area contributed by atoms with Gasteiger partial charge in [-0.05, 0) is 25.3 Å². The number of rotatable bonds is 5. The van der Waals surface area contributed by atoms with Crippen LogP contribution in [0.2, 0.25) is 0 Å². The van der Waals surface area contributed by atoms with E-state index in [0.29, 0.717) is 19.0 Å². The topological polar surface area (TPSA) is 74.5 Å². The van der Waals surface area contributed by atoms with E-state index in [0.717, 1.165) is 18.4 Å². The van der Waals surface area contributed by atoms with E-state index in [1.54, 1.807) is 6.07 Å². The number of amides is 2. The van der Waals surface area contributed by atoms with Crippen molar-refractivity contribution in [2.45, 2.75) is 44.2 Å². The first-order valence-electron chi connectivity index (χ1n) is 6.50. The molecule has 1 fully saturated rings. The highest BCUT2D eigenvalue weighted by Crippen LogP contribution is 2.17. The smallest absolute Gasteiger partial charge is 0.315 e. The number of hydrogen-bond acceptors (Lipinski definition) is 3. The van der Waals surface area contributed by atoms with Crippen molar-refractivity contribution < 1.29 is 14.3 Å². The lowest BCUT2D eigenvalue weighted by atomic mass is 10.1. The van der Waals surface area contributed by atoms with Gasteiger partial charge in [-0.3, -0.25) is 0 Å². The summed E-state index contributed by atoms with van der Waals surface area (Å²) in [6.07, 6.45) is 7.49. The molecule has 0 bridgehead atoms. The third-order valence-electron chi connectivity index (χ3n) is 3.32. The van der Waals surface area contributed by atoms with E-state index in [1.807, 2.05) is 0 Å². The average molecular weight is 252 g/mol. The van der Waals surface area contributed by atoms with Gasteiger partial charge >= 0.3 is 6.03 Å². The number of aliphatic hydroxyl groups is 1. The van der Waals surface area contributed by atoms with E-state index < -0.39 is 6.10 Å². The molecule has 1 aromatic heterocycles. The maximum atomic E-state index is 11.5. The predicted molar refractivity (Wildman–Crippen MR) is 67.1 cm³/mol. The molecule has 2 rings (SSSR count). The van der Waals surface area contributed by atoms with Crippen LogP contribution in [0, 0.1) is 0 Å². The second kappa shape index (κ2) is 6.44. The predicted octanol–water partition coefficient (Wildman–Crippen LogP) is 1.94. The summed E-state index contributed by atoms with van der Waals surface area (Å²) in [5.41, 5.74) is 0.744. The molecule has 1 unspecified atom stereocenters. The van der Waals surface area contributed by atoms with Crippen molar-refractivity contribution in [2.24, 2.45) is 0 Å². The van der Waals surface area contributed by atoms with Crippen molar-refractivity contribution in [3.8, 4) is 0 Å². The van der Waals surface area contributed by atoms with Crippen molar-refractivity contribution in [2.75, 3.05) is 6.54 Å². The van der Waals surface area contributed by atoms with Crippen molar-refractivity contribution >= 4 is 6.03 Å². The van der Waals surface area contributed by atoms with E-state index in [2.05, 4.69) is 10.6 Å². The summed E-state index contributed by atoms with van der Waals surface area (Å²) in [5, 5.41) is 15.5. The number of aliphatic hydroxyl groups excluding tert-OH is 1. The minimum Gasteiger partial charge on any atom is -0.472 e. The molecule has 5 nitrogen and oxygen atoms in total. The van der Waals surface area contributed by atoms with Crippen LogP contribution in [-0.2, 0) is 0 Å². The quantitative estimate of drug-likeness (QED) is 0.749. The zero-order valence-corrected chi connectivity index (χ0v) is 10.4. The molecule has 0 aliphatic heterocycles. The van der Waals surface area contributed by atoms with E-state index in [9.17, 15) is 9.90 Å². The molecule has 0 aromatic carbocycles. The molecule has 0 radical (unpaired) electrons. The first kappa shape index (κ1) is 13.0. The summed E-state index contributed by atoms with van der Waals surface area (Å²) in [6.45, 7) is 0.449. The highest BCUT2D eigenvalue weighted by atomic mass is 16.3. The molecule has 18 heavy (non-hydrogen) atoms. The number of carbonyl (C=O) groups is 1. The number of furan rings is 1. The summed E-state index contributed by atoms with van der Waals surface area (Å²) in [5.74, 6) is 0. The van der Waals surface area contributed by atoms with Crippen LogP contribution in [0.3, 0.4) is 0 Å². The van der Waals surface area contributed by atoms with Crippen LogP contribution in [0.1, 0.15) is 43.8 Å². The highest BCUT2D eigenvalue weighted by Gasteiger charge is 2.17. The van der Waals surface area contributed by atoms with Gasteiger partial charge in [-0.25, -0.2) is 4.79 Å². The lowest BCUT2D eigenvalue weighted by molar-refractivity contribution is 0.166. The van der Waals surface area contributed by atoms with Gasteiger partial charge in [0, 0.05) is 18.2 Å². The van der Waals surface area contributed by atoms with Gasteiger partial charge in [0.1, 0.15) is 0 Å². The largest absolute Gasteiger partial charge is 0.472 e. The van der Waals surface area contributed by atoms with Gasteiger partial charge in [0.05, 0.1) is 18.6 Å². The maximum Gasteiger partial charge on any atom is 0.315 e. The Morgan fingerprint density at radius 2 is 2.28 bits per heavy atom. The Morgan fingerprint density at radius 1 is 1.50 bits per heavy atom. The second-order valence-electron chi connectivity index (χ2n) is 4.74. The van der Waals surface area contributed by atoms with Crippen LogP contribution in [0.25, 0.3) is 0 Å². The zero-order chi connectivity index (χ0) is 12.8. The van der Waals surface area contributed by atoms with Crippen molar-refractivity contribution in [3.05, 3.63) is 24.2 Å². The first-order chi connectivity index (χ1) is 8.75. The normalized spacial score (nSPS) is 17.6. The molecular formula is C13H20N2O3. The molecule has 1 atom stereocenters. The monoisotopic (exact) mass is 252 g/mol. The minimum absolute atomic E-state index is 0.138. The molecule has 1 aliphatic carbocycles. The Morgan fingerprint density at radius 3 is 2.94 bits per heavy atom. The number of hydrogen-bond donors (Lipinski definition) is 3. The molecule has 1 saturated carbocycles. The number of nitrogens with one attached hydrogen (secondary N) is 2. The fourth-order valence-corrected chi connectivity index (χ4v) is 2.26. The maximum absolute atomic E-state index is 11.5. The lowest BCUT2D eigenvalue weighted by Gasteiger charge is -2.14. The van der Waals surface area contributed by atoms with Gasteiger partial charge < -0.3 is 20.2 Å². The Kier molecular flexibility index (Phi) is 4.64. The van der Waals surface area contributed by atoms with Crippen LogP contribution in [-0.4, -0.2) is 23.7 Å². The van der Waals surface area contributed by atoms with Crippen LogP contribution < -0.4 is 10.6 Å². The van der Waals surface area contributed by atoms with Gasteiger partial charge in [0.2, 0.25) is 0 Å². The van der Waals surface area contributed by atoms with Crippen molar-refractivity contribution in [1.29, 1.82) is 0 Å². The van der Waals surface area contributed by atoms with Crippen molar-refractivity contribution in [3.63, 3.8) is 0 Å². The van der Waals surface area contributed by atoms with E-state index in [1.165, 1.54) is 25.4 Å². The highest BCUT2D eigenvalue weighted by molar-refractivity contribution is 5.74. The van der Waals surface area contributed by atoms with Gasteiger partial charge in [-0.2, -0.15) is 0 Å². The van der Waals surface area contributed by atoms with Crippen LogP contribution >= 0.6 is 0 Å². The Bertz CT molecular complexity index is 358. The zero-order valence-electron chi connectivity index (χ0n) is 10.4. The van der Waals surface area contributed by atoms with Crippen LogP contribution in [0.5, 0.6) is 0 Å². The SMILES string of the molecule is O=C(NCCC(O)c1ccoc1)NC1CCCC1. The van der Waals surface area contributed by atoms with Gasteiger partial charge in [0.15, 0.2) is 0 Å². The molecule has 3 N–H and O–H groups in total. The molecule has 1 heterocycles. The first-order valence-corrected chi connectivity index (χ1v) is 6.50. The number of urea groups is 1. The third-order valence-corrected chi connectivity index (χ3v) is 3.32. The van der Waals surface area contributed by atoms with Crippen LogP contribution in [0.15, 0.2) is 23.0 Å². The lowest BCUT2D eigenvalue weighted by Crippen LogP contribution is -2.41. The summed E-state index contributed by atoms with van der Waals surface area (Å²) < 4.78 is 4.89. The molecule has 0 saturated heterocycles. The molecule has 100 valence electrons. The Balaban J connectivity index is 1.61. The fraction of sp³-hybridized carbons (Fsp3) is 0.615. The summed E-state index contributed by atoms with van der Waals surface area (Å²) in [4.78, 5) is 11.5. The van der Waals surface area contributed by atoms with E-state index in [-0.39, 0.29) is 6.03 Å². The van der Waals surface area contributed by atoms with Gasteiger partial charge in [-0.1, -0.05) is 12.8 Å². The fourth-order valence-electron chi connectivity index (χ4n) is 2.26. The van der Waals surface area contributed by atoms with Crippen molar-refractivity contribution in [1.82, 2.24) is 10.6 Å². The Hall–Kier alpha value is -1.49. The van der Waals surface area contributed by atoms with E-state index >= 15 is 0 Å². The second-order valence-corrected chi connectivity index (χ2v) is 4.74. The molecule has 0 spiro atoms. The minimum atomic E-state index is -0.587. The molecular weight excluding hydrogens is 232 g/mol. The van der Waals surface area contributed by atoms with Crippen LogP contribution in [0.4, 0.5) is 4.79 Å². The standard InChI is InChI=1S/C13H20N2O3/c16-12(10-6-8-18-9-10)5-7-14-13(17)15-11-3-1-2-4-11/h6,8-9,11-12,16H,1-5,7H2,(H2,14,15,17). The molecule has 1 aliphatic rings. The number of carbonyl (C=O) groups excluding carboxylic acids is 1. The van der Waals surface area contributed by atoms with Gasteiger partial charge in [0.25, 0.3) is 0 Å². The molecule has 2 amide bonds. The summed E-state index contributed by atoms with van der Waals surface area (Å²) in [6, 6.07) is 1.91. The summed E-state index contributed by atoms with van der Waals surface area (Å²) >= 11 is 0. The van der Waals surface area contributed by atoms with E-state index in [4.69, 9.17) is 4.42 Å². The van der Waals surface area contributed by atoms with Gasteiger partial charge in [-0.15, -0.1) is 0 Å². The average Bonchev–Trinajstić information content (AvgIpc) is 3.00. The third kappa shape index (κ3) is 3.77. The molecule has 1 aromatic rings. The Labute approximate surface area is 107 Å². The molecule has 5 heteroatoms. The summed E-state index contributed by atoms with van der Waals surface area (Å²) in [7, 11) is 0.